The van der Waals surface area contributed by atoms with Gasteiger partial charge in [0, 0.05) is 25.5 Å². The topological polar surface area (TPSA) is 76.2 Å². The Kier molecular flexibility index (Phi) is 4.23. The van der Waals surface area contributed by atoms with Crippen molar-refractivity contribution in [3.05, 3.63) is 53.1 Å². The number of benzene rings is 1. The largest absolute Gasteiger partial charge is 0.395 e. The minimum Gasteiger partial charge on any atom is -0.395 e. The predicted octanol–water partition coefficient (Wildman–Crippen LogP) is 1.43. The summed E-state index contributed by atoms with van der Waals surface area (Å²) in [4.78, 5) is 19.7. The van der Waals surface area contributed by atoms with E-state index in [9.17, 15) is 9.90 Å². The van der Waals surface area contributed by atoms with Gasteiger partial charge in [-0.25, -0.2) is 4.98 Å². The lowest BCUT2D eigenvalue weighted by Gasteiger charge is -2.34. The van der Waals surface area contributed by atoms with Crippen molar-refractivity contribution in [2.24, 2.45) is 0 Å². The van der Waals surface area contributed by atoms with Crippen molar-refractivity contribution in [1.29, 1.82) is 0 Å². The third kappa shape index (κ3) is 2.91. The summed E-state index contributed by atoms with van der Waals surface area (Å²) in [5.74, 6) is 0.650. The van der Waals surface area contributed by atoms with Crippen LogP contribution in [0.15, 0.2) is 47.5 Å². The molecule has 1 aliphatic heterocycles. The average molecular weight is 339 g/mol. The standard InChI is InChI=1S/C18H21N5O2/c24-13-12-22-17(25)15-4-1-2-5-16(15)20-18(22)21-10-6-14(7-11-21)23-9-3-8-19-23/h1-5,8-9,14,24H,6-7,10-13H2. The molecular formula is C18H21N5O2. The van der Waals surface area contributed by atoms with Crippen LogP contribution < -0.4 is 10.5 Å². The van der Waals surface area contributed by atoms with Crippen molar-refractivity contribution in [2.45, 2.75) is 25.4 Å². The first kappa shape index (κ1) is 15.8. The molecule has 2 aromatic heterocycles. The molecule has 7 heteroatoms. The molecule has 3 aromatic rings. The van der Waals surface area contributed by atoms with Crippen LogP contribution in [0.4, 0.5) is 5.95 Å². The average Bonchev–Trinajstić information content (AvgIpc) is 3.19. The molecule has 1 saturated heterocycles. The van der Waals surface area contributed by atoms with Crippen LogP contribution in [0.2, 0.25) is 0 Å². The first-order chi connectivity index (χ1) is 12.3. The van der Waals surface area contributed by atoms with E-state index in [4.69, 9.17) is 4.98 Å². The molecule has 4 rings (SSSR count). The number of aliphatic hydroxyl groups is 1. The molecule has 1 N–H and O–H groups in total. The zero-order valence-corrected chi connectivity index (χ0v) is 14.0. The summed E-state index contributed by atoms with van der Waals surface area (Å²) in [6.07, 6.45) is 5.69. The van der Waals surface area contributed by atoms with E-state index in [1.807, 2.05) is 35.1 Å². The number of hydrogen-bond donors (Lipinski definition) is 1. The lowest BCUT2D eigenvalue weighted by Crippen LogP contribution is -2.39. The van der Waals surface area contributed by atoms with Crippen LogP contribution in [0.3, 0.4) is 0 Å². The Balaban J connectivity index is 1.67. The molecule has 0 aliphatic carbocycles. The van der Waals surface area contributed by atoms with E-state index >= 15 is 0 Å². The highest BCUT2D eigenvalue weighted by Gasteiger charge is 2.24. The number of anilines is 1. The molecule has 0 bridgehead atoms. The summed E-state index contributed by atoms with van der Waals surface area (Å²) >= 11 is 0. The second kappa shape index (κ2) is 6.68. The van der Waals surface area contributed by atoms with Crippen LogP contribution in [0.25, 0.3) is 10.9 Å². The maximum atomic E-state index is 12.8. The Hall–Kier alpha value is -2.67. The van der Waals surface area contributed by atoms with Crippen molar-refractivity contribution in [2.75, 3.05) is 24.6 Å². The monoisotopic (exact) mass is 339 g/mol. The van der Waals surface area contributed by atoms with Crippen molar-refractivity contribution in [3.8, 4) is 0 Å². The Bertz CT molecular complexity index is 911. The molecule has 25 heavy (non-hydrogen) atoms. The zero-order chi connectivity index (χ0) is 17.2. The highest BCUT2D eigenvalue weighted by molar-refractivity contribution is 5.78. The van der Waals surface area contributed by atoms with Gasteiger partial charge in [0.05, 0.1) is 30.1 Å². The van der Waals surface area contributed by atoms with Gasteiger partial charge >= 0.3 is 0 Å². The van der Waals surface area contributed by atoms with Gasteiger partial charge in [-0.2, -0.15) is 5.10 Å². The van der Waals surface area contributed by atoms with Gasteiger partial charge in [0.25, 0.3) is 5.56 Å². The van der Waals surface area contributed by atoms with Crippen molar-refractivity contribution in [3.63, 3.8) is 0 Å². The van der Waals surface area contributed by atoms with E-state index in [2.05, 4.69) is 10.00 Å². The zero-order valence-electron chi connectivity index (χ0n) is 14.0. The molecule has 1 aromatic carbocycles. The number of fused-ring (bicyclic) bond motifs is 1. The Labute approximate surface area is 145 Å². The summed E-state index contributed by atoms with van der Waals surface area (Å²) in [6, 6.07) is 9.69. The molecule has 7 nitrogen and oxygen atoms in total. The Morgan fingerprint density at radius 3 is 2.68 bits per heavy atom. The first-order valence-electron chi connectivity index (χ1n) is 8.62. The minimum absolute atomic E-state index is 0.0866. The lowest BCUT2D eigenvalue weighted by molar-refractivity contribution is 0.273. The third-order valence-electron chi connectivity index (χ3n) is 4.81. The highest BCUT2D eigenvalue weighted by atomic mass is 16.3. The number of rotatable bonds is 4. The van der Waals surface area contributed by atoms with Crippen molar-refractivity contribution >= 4 is 16.9 Å². The van der Waals surface area contributed by atoms with Crippen molar-refractivity contribution < 1.29 is 5.11 Å². The summed E-state index contributed by atoms with van der Waals surface area (Å²) in [5, 5.41) is 14.3. The van der Waals surface area contributed by atoms with Gasteiger partial charge < -0.3 is 10.0 Å². The first-order valence-corrected chi connectivity index (χ1v) is 8.62. The van der Waals surface area contributed by atoms with Gasteiger partial charge in [0.2, 0.25) is 5.95 Å². The Morgan fingerprint density at radius 1 is 1.16 bits per heavy atom. The molecule has 1 fully saturated rings. The fourth-order valence-electron chi connectivity index (χ4n) is 3.53. The molecule has 0 spiro atoms. The number of hydrogen-bond acceptors (Lipinski definition) is 5. The third-order valence-corrected chi connectivity index (χ3v) is 4.81. The van der Waals surface area contributed by atoms with E-state index < -0.39 is 0 Å². The maximum absolute atomic E-state index is 12.8. The van der Waals surface area contributed by atoms with Gasteiger partial charge in [0.15, 0.2) is 0 Å². The number of nitrogens with zero attached hydrogens (tertiary/aromatic N) is 5. The smallest absolute Gasteiger partial charge is 0.262 e. The van der Waals surface area contributed by atoms with Gasteiger partial charge in [-0.15, -0.1) is 0 Å². The molecule has 130 valence electrons. The molecule has 0 atom stereocenters. The van der Waals surface area contributed by atoms with E-state index in [1.54, 1.807) is 16.8 Å². The highest BCUT2D eigenvalue weighted by Crippen LogP contribution is 2.25. The van der Waals surface area contributed by atoms with Crippen LogP contribution in [0.1, 0.15) is 18.9 Å². The normalized spacial score (nSPS) is 15.8. The van der Waals surface area contributed by atoms with Crippen LogP contribution in [-0.2, 0) is 6.54 Å². The van der Waals surface area contributed by atoms with Crippen LogP contribution >= 0.6 is 0 Å². The predicted molar refractivity (Wildman–Crippen MR) is 95.8 cm³/mol. The van der Waals surface area contributed by atoms with E-state index in [1.165, 1.54) is 0 Å². The SMILES string of the molecule is O=c1c2ccccc2nc(N2CCC(n3cccn3)CC2)n1CCO. The Morgan fingerprint density at radius 2 is 1.96 bits per heavy atom. The molecule has 1 aliphatic rings. The molecular weight excluding hydrogens is 318 g/mol. The molecule has 0 saturated carbocycles. The number of aliphatic hydroxyl groups excluding tert-OH is 1. The number of aromatic nitrogens is 4. The van der Waals surface area contributed by atoms with Crippen molar-refractivity contribution in [1.82, 2.24) is 19.3 Å². The summed E-state index contributed by atoms with van der Waals surface area (Å²) < 4.78 is 3.60. The van der Waals surface area contributed by atoms with E-state index in [0.717, 1.165) is 25.9 Å². The van der Waals surface area contributed by atoms with Crippen LogP contribution in [0.5, 0.6) is 0 Å². The second-order valence-electron chi connectivity index (χ2n) is 6.31. The summed E-state index contributed by atoms with van der Waals surface area (Å²) in [6.45, 7) is 1.78. The number of para-hydroxylation sites is 1. The molecule has 0 amide bonds. The molecule has 0 radical (unpaired) electrons. The lowest BCUT2D eigenvalue weighted by atomic mass is 10.1. The molecule has 0 unspecified atom stereocenters. The molecule has 3 heterocycles. The minimum atomic E-state index is -0.0937. The van der Waals surface area contributed by atoms with Crippen LogP contribution in [0, 0.1) is 0 Å². The quantitative estimate of drug-likeness (QED) is 0.778. The number of piperidine rings is 1. The van der Waals surface area contributed by atoms with Gasteiger partial charge in [0.1, 0.15) is 0 Å². The summed E-state index contributed by atoms with van der Waals surface area (Å²) in [5.41, 5.74) is 0.606. The summed E-state index contributed by atoms with van der Waals surface area (Å²) in [7, 11) is 0. The fourth-order valence-corrected chi connectivity index (χ4v) is 3.53. The second-order valence-corrected chi connectivity index (χ2v) is 6.31. The fraction of sp³-hybridized carbons (Fsp3) is 0.389. The van der Waals surface area contributed by atoms with Gasteiger partial charge in [-0.1, -0.05) is 12.1 Å². The maximum Gasteiger partial charge on any atom is 0.262 e. The van der Waals surface area contributed by atoms with E-state index in [-0.39, 0.29) is 18.7 Å². The van der Waals surface area contributed by atoms with Crippen LogP contribution in [-0.4, -0.2) is 44.1 Å². The van der Waals surface area contributed by atoms with Gasteiger partial charge in [-0.3, -0.25) is 14.0 Å². The van der Waals surface area contributed by atoms with E-state index in [0.29, 0.717) is 22.9 Å². The van der Waals surface area contributed by atoms with Gasteiger partial charge in [-0.05, 0) is 31.0 Å².